The minimum atomic E-state index is -4.75. The van der Waals surface area contributed by atoms with Crippen LogP contribution in [0.15, 0.2) is 18.6 Å². The lowest BCUT2D eigenvalue weighted by atomic mass is 9.87. The smallest absolute Gasteiger partial charge is 0.350 e. The van der Waals surface area contributed by atoms with Crippen LogP contribution in [0.5, 0.6) is 0 Å². The molecular weight excluding hydrogens is 547 g/mol. The van der Waals surface area contributed by atoms with Crippen molar-refractivity contribution in [2.45, 2.75) is 69.5 Å². The third-order valence-electron chi connectivity index (χ3n) is 8.37. The molecule has 14 heteroatoms. The summed E-state index contributed by atoms with van der Waals surface area (Å²) in [5, 5.41) is 9.37. The van der Waals surface area contributed by atoms with Crippen molar-refractivity contribution < 1.29 is 26.4 Å². The molecule has 0 N–H and O–H groups in total. The molecule has 0 aromatic carbocycles. The highest BCUT2D eigenvalue weighted by Gasteiger charge is 2.57. The van der Waals surface area contributed by atoms with Crippen molar-refractivity contribution >= 4 is 33.1 Å². The lowest BCUT2D eigenvalue weighted by Gasteiger charge is -2.49. The van der Waals surface area contributed by atoms with Gasteiger partial charge in [0, 0.05) is 42.7 Å². The summed E-state index contributed by atoms with van der Waals surface area (Å²) in [7, 11) is -3.47. The van der Waals surface area contributed by atoms with Gasteiger partial charge in [-0.05, 0) is 33.3 Å². The second-order valence-electron chi connectivity index (χ2n) is 11.7. The quantitative estimate of drug-likeness (QED) is 0.541. The Morgan fingerprint density at radius 2 is 1.77 bits per heavy atom. The Kier molecular flexibility index (Phi) is 6.33. The summed E-state index contributed by atoms with van der Waals surface area (Å²) in [5.41, 5.74) is -1.23. The number of carbonyl (C=O) groups excluding carboxylic acids is 1. The Balaban J connectivity index is 1.48. The zero-order valence-corrected chi connectivity index (χ0v) is 23.6. The number of hydrogen-bond acceptors (Lipinski definition) is 9. The molecule has 2 aromatic heterocycles. The van der Waals surface area contributed by atoms with E-state index in [0.717, 1.165) is 11.8 Å². The molecule has 2 aromatic rings. The van der Waals surface area contributed by atoms with Crippen molar-refractivity contribution in [3.8, 4) is 6.07 Å². The molecule has 214 valence electrons. The van der Waals surface area contributed by atoms with Crippen LogP contribution in [-0.2, 0) is 26.2 Å². The van der Waals surface area contributed by atoms with E-state index in [1.807, 2.05) is 27.7 Å². The first-order chi connectivity index (χ1) is 18.5. The van der Waals surface area contributed by atoms with Gasteiger partial charge in [-0.2, -0.15) is 18.4 Å². The van der Waals surface area contributed by atoms with E-state index in [9.17, 15) is 31.6 Å². The normalized spacial score (nSPS) is 27.1. The molecule has 5 rings (SSSR count). The fraction of sp³-hybridized carbons (Fsp3) is 0.577. The van der Waals surface area contributed by atoms with Gasteiger partial charge in [0.05, 0.1) is 23.2 Å². The van der Waals surface area contributed by atoms with Gasteiger partial charge < -0.3 is 14.7 Å². The SMILES string of the molecule is C[C@@H]1CN(c2ncnc3c2C(C)(C)CN3c2cnc(C(F)(F)F)c(C#N)c2)[C@@H](C)CN1C(=O)[C@@]1(C)CCS1(=O)=O. The van der Waals surface area contributed by atoms with Crippen LogP contribution in [0, 0.1) is 11.3 Å². The second kappa shape index (κ2) is 9.02. The van der Waals surface area contributed by atoms with Gasteiger partial charge in [0.25, 0.3) is 0 Å². The van der Waals surface area contributed by atoms with Crippen LogP contribution < -0.4 is 9.80 Å². The number of anilines is 3. The van der Waals surface area contributed by atoms with Crippen LogP contribution >= 0.6 is 0 Å². The lowest BCUT2D eigenvalue weighted by Crippen LogP contribution is -2.66. The molecule has 0 aliphatic carbocycles. The van der Waals surface area contributed by atoms with Gasteiger partial charge in [-0.1, -0.05) is 13.8 Å². The van der Waals surface area contributed by atoms with Gasteiger partial charge in [-0.3, -0.25) is 4.79 Å². The maximum Gasteiger partial charge on any atom is 0.434 e. The van der Waals surface area contributed by atoms with Gasteiger partial charge >= 0.3 is 6.18 Å². The number of rotatable bonds is 3. The molecule has 0 unspecified atom stereocenters. The summed E-state index contributed by atoms with van der Waals surface area (Å²) in [6, 6.07) is 2.28. The first-order valence-electron chi connectivity index (χ1n) is 12.9. The lowest BCUT2D eigenvalue weighted by molar-refractivity contribution is -0.141. The predicted molar refractivity (Wildman–Crippen MR) is 141 cm³/mol. The fourth-order valence-corrected chi connectivity index (χ4v) is 7.43. The summed E-state index contributed by atoms with van der Waals surface area (Å²) in [5.74, 6) is 0.793. The average Bonchev–Trinajstić information content (AvgIpc) is 3.18. The summed E-state index contributed by atoms with van der Waals surface area (Å²) in [6.07, 6.45) is -1.95. The highest BCUT2D eigenvalue weighted by Crippen LogP contribution is 2.48. The van der Waals surface area contributed by atoms with E-state index < -0.39 is 37.4 Å². The molecule has 3 atom stereocenters. The molecule has 2 fully saturated rings. The van der Waals surface area contributed by atoms with Gasteiger partial charge in [0.1, 0.15) is 28.8 Å². The van der Waals surface area contributed by atoms with Crippen molar-refractivity contribution in [2.75, 3.05) is 35.2 Å². The number of alkyl halides is 3. The summed E-state index contributed by atoms with van der Waals surface area (Å²) in [6.45, 7) is 10.4. The third-order valence-corrected chi connectivity index (χ3v) is 10.9. The Bertz CT molecular complexity index is 1540. The Labute approximate surface area is 230 Å². The average molecular weight is 578 g/mol. The zero-order chi connectivity index (χ0) is 29.4. The first kappa shape index (κ1) is 28.1. The number of nitrogens with zero attached hydrogens (tertiary/aromatic N) is 7. The molecular formula is C26H30F3N7O3S. The topological polar surface area (TPSA) is 123 Å². The minimum Gasteiger partial charge on any atom is -0.350 e. The van der Waals surface area contributed by atoms with Crippen LogP contribution in [-0.4, -0.2) is 76.4 Å². The van der Waals surface area contributed by atoms with Crippen molar-refractivity contribution in [1.29, 1.82) is 5.26 Å². The third kappa shape index (κ3) is 4.17. The van der Waals surface area contributed by atoms with Crippen molar-refractivity contribution in [3.05, 3.63) is 35.4 Å². The molecule has 3 aliphatic heterocycles. The van der Waals surface area contributed by atoms with E-state index in [1.165, 1.54) is 19.3 Å². The standard InChI is InChI=1S/C26H30F3N7O3S/c1-15-12-35(23(37)25(5)6-7-40(25,38)39)16(2)11-34(15)21-19-22(33-14-32-21)36(13-24(19,3)4)18-8-17(9-30)20(31-10-18)26(27,28)29/h8,10,14-16H,6-7,11-13H2,1-5H3/t15-,16+,25+/m0/s1. The zero-order valence-electron chi connectivity index (χ0n) is 22.8. The molecule has 5 heterocycles. The van der Waals surface area contributed by atoms with Gasteiger partial charge in [0.15, 0.2) is 15.5 Å². The van der Waals surface area contributed by atoms with E-state index in [0.29, 0.717) is 43.4 Å². The van der Waals surface area contributed by atoms with Crippen molar-refractivity contribution in [3.63, 3.8) is 0 Å². The largest absolute Gasteiger partial charge is 0.434 e. The van der Waals surface area contributed by atoms with Crippen LogP contribution in [0.2, 0.25) is 0 Å². The number of pyridine rings is 1. The highest BCUT2D eigenvalue weighted by atomic mass is 32.2. The van der Waals surface area contributed by atoms with Crippen LogP contribution in [0.3, 0.4) is 0 Å². The maximum absolute atomic E-state index is 13.3. The number of sulfone groups is 1. The number of amides is 1. The molecule has 3 aliphatic rings. The van der Waals surface area contributed by atoms with E-state index >= 15 is 0 Å². The van der Waals surface area contributed by atoms with Crippen LogP contribution in [0.25, 0.3) is 0 Å². The van der Waals surface area contributed by atoms with E-state index in [1.54, 1.807) is 15.9 Å². The molecule has 0 bridgehead atoms. The van der Waals surface area contributed by atoms with Crippen LogP contribution in [0.1, 0.15) is 57.9 Å². The Morgan fingerprint density at radius 1 is 1.10 bits per heavy atom. The fourth-order valence-electron chi connectivity index (χ4n) is 5.89. The van der Waals surface area contributed by atoms with E-state index in [2.05, 4.69) is 19.9 Å². The molecule has 2 saturated heterocycles. The van der Waals surface area contributed by atoms with Crippen LogP contribution in [0.4, 0.5) is 30.5 Å². The molecule has 1 amide bonds. The number of piperazine rings is 1. The van der Waals surface area contributed by atoms with E-state index in [4.69, 9.17) is 0 Å². The summed E-state index contributed by atoms with van der Waals surface area (Å²) < 4.78 is 63.4. The summed E-state index contributed by atoms with van der Waals surface area (Å²) >= 11 is 0. The number of carbonyl (C=O) groups is 1. The monoisotopic (exact) mass is 577 g/mol. The number of halogens is 3. The molecule has 10 nitrogen and oxygen atoms in total. The Hall–Kier alpha value is -3.47. The first-order valence-corrected chi connectivity index (χ1v) is 14.6. The number of hydrogen-bond donors (Lipinski definition) is 0. The van der Waals surface area contributed by atoms with Gasteiger partial charge in [-0.25, -0.2) is 23.4 Å². The Morgan fingerprint density at radius 3 is 2.35 bits per heavy atom. The van der Waals surface area contributed by atoms with Crippen molar-refractivity contribution in [1.82, 2.24) is 19.9 Å². The predicted octanol–water partition coefficient (Wildman–Crippen LogP) is 3.19. The van der Waals surface area contributed by atoms with Crippen molar-refractivity contribution in [2.24, 2.45) is 0 Å². The van der Waals surface area contributed by atoms with Gasteiger partial charge in [0.2, 0.25) is 5.91 Å². The molecule has 40 heavy (non-hydrogen) atoms. The molecule has 0 spiro atoms. The summed E-state index contributed by atoms with van der Waals surface area (Å²) in [4.78, 5) is 31.4. The number of nitriles is 1. The molecule has 0 saturated carbocycles. The second-order valence-corrected chi connectivity index (χ2v) is 14.2. The molecule has 0 radical (unpaired) electrons. The highest BCUT2D eigenvalue weighted by molar-refractivity contribution is 7.95. The number of fused-ring (bicyclic) bond motifs is 1. The minimum absolute atomic E-state index is 0.0160. The van der Waals surface area contributed by atoms with E-state index in [-0.39, 0.29) is 23.7 Å². The number of aromatic nitrogens is 3. The van der Waals surface area contributed by atoms with Gasteiger partial charge in [-0.15, -0.1) is 0 Å². The maximum atomic E-state index is 13.3.